The number of anilines is 2. The Bertz CT molecular complexity index is 1390. The SMILES string of the molecule is CN1CCC[C@@H]1COc1nc2c(c(N3CCN4C(=O)C[C@H]4C3)n1)CCN(c1cccc3cccc(Cl)c13)C2. The number of aromatic nitrogens is 2. The Labute approximate surface area is 228 Å². The van der Waals surface area contributed by atoms with Crippen molar-refractivity contribution in [1.29, 1.82) is 0 Å². The Morgan fingerprint density at radius 2 is 1.92 bits per heavy atom. The first-order chi connectivity index (χ1) is 18.5. The summed E-state index contributed by atoms with van der Waals surface area (Å²) in [6.45, 7) is 5.62. The predicted molar refractivity (Wildman–Crippen MR) is 149 cm³/mol. The summed E-state index contributed by atoms with van der Waals surface area (Å²) >= 11 is 6.68. The van der Waals surface area contributed by atoms with E-state index in [2.05, 4.69) is 46.0 Å². The topological polar surface area (TPSA) is 65.0 Å². The summed E-state index contributed by atoms with van der Waals surface area (Å²) in [6.07, 6.45) is 3.83. The zero-order chi connectivity index (χ0) is 25.8. The number of benzene rings is 2. The fraction of sp³-hybridized carbons (Fsp3) is 0.483. The highest BCUT2D eigenvalue weighted by Crippen LogP contribution is 2.37. The molecule has 5 heterocycles. The van der Waals surface area contributed by atoms with E-state index < -0.39 is 0 Å². The summed E-state index contributed by atoms with van der Waals surface area (Å²) in [4.78, 5) is 31.0. The molecule has 0 aliphatic carbocycles. The Morgan fingerprint density at radius 1 is 1.05 bits per heavy atom. The number of hydrogen-bond donors (Lipinski definition) is 0. The maximum Gasteiger partial charge on any atom is 0.318 e. The number of piperazine rings is 1. The Morgan fingerprint density at radius 3 is 2.71 bits per heavy atom. The molecule has 0 bridgehead atoms. The number of carbonyl (C=O) groups is 1. The number of nitrogens with zero attached hydrogens (tertiary/aromatic N) is 6. The van der Waals surface area contributed by atoms with Gasteiger partial charge in [-0.05, 0) is 50.4 Å². The first-order valence-electron chi connectivity index (χ1n) is 13.7. The van der Waals surface area contributed by atoms with Gasteiger partial charge in [0.05, 0.1) is 23.3 Å². The molecule has 0 unspecified atom stereocenters. The van der Waals surface area contributed by atoms with Crippen LogP contribution in [0.1, 0.15) is 30.5 Å². The predicted octanol–water partition coefficient (Wildman–Crippen LogP) is 3.74. The number of hydrogen-bond acceptors (Lipinski definition) is 7. The van der Waals surface area contributed by atoms with E-state index in [9.17, 15) is 4.79 Å². The molecule has 9 heteroatoms. The fourth-order valence-corrected chi connectivity index (χ4v) is 6.86. The number of β-lactam (4-membered cyclic amide) rings is 1. The zero-order valence-corrected chi connectivity index (χ0v) is 22.5. The van der Waals surface area contributed by atoms with Crippen molar-refractivity contribution in [1.82, 2.24) is 19.8 Å². The van der Waals surface area contributed by atoms with Gasteiger partial charge < -0.3 is 24.3 Å². The van der Waals surface area contributed by atoms with Crippen LogP contribution in [0.15, 0.2) is 36.4 Å². The van der Waals surface area contributed by atoms with E-state index in [0.29, 0.717) is 31.6 Å². The van der Waals surface area contributed by atoms with Gasteiger partial charge in [-0.2, -0.15) is 9.97 Å². The zero-order valence-electron chi connectivity index (χ0n) is 21.8. The molecule has 1 aromatic heterocycles. The highest BCUT2D eigenvalue weighted by atomic mass is 35.5. The molecule has 1 amide bonds. The number of fused-ring (bicyclic) bond motifs is 3. The van der Waals surface area contributed by atoms with E-state index in [1.54, 1.807) is 0 Å². The van der Waals surface area contributed by atoms with Crippen molar-refractivity contribution in [3.05, 3.63) is 52.7 Å². The molecule has 198 valence electrons. The molecule has 0 radical (unpaired) electrons. The minimum atomic E-state index is 0.272. The van der Waals surface area contributed by atoms with Gasteiger partial charge in [0.25, 0.3) is 0 Å². The van der Waals surface area contributed by atoms with Crippen molar-refractivity contribution in [2.24, 2.45) is 0 Å². The third-order valence-electron chi connectivity index (χ3n) is 8.78. The first kappa shape index (κ1) is 24.0. The van der Waals surface area contributed by atoms with Crippen LogP contribution in [-0.4, -0.2) is 84.1 Å². The second-order valence-corrected chi connectivity index (χ2v) is 11.4. The Kier molecular flexibility index (Phi) is 6.04. The summed E-state index contributed by atoms with van der Waals surface area (Å²) in [5.74, 6) is 1.26. The van der Waals surface area contributed by atoms with Crippen LogP contribution < -0.4 is 14.5 Å². The minimum Gasteiger partial charge on any atom is -0.462 e. The molecule has 8 nitrogen and oxygen atoms in total. The van der Waals surface area contributed by atoms with Gasteiger partial charge in [-0.3, -0.25) is 4.79 Å². The van der Waals surface area contributed by atoms with Crippen LogP contribution in [0.5, 0.6) is 6.01 Å². The van der Waals surface area contributed by atoms with Crippen LogP contribution in [0.3, 0.4) is 0 Å². The molecular formula is C29H33ClN6O2. The van der Waals surface area contributed by atoms with Crippen LogP contribution in [0.25, 0.3) is 10.8 Å². The van der Waals surface area contributed by atoms with Crippen LogP contribution >= 0.6 is 11.6 Å². The summed E-state index contributed by atoms with van der Waals surface area (Å²) in [7, 11) is 2.16. The summed E-state index contributed by atoms with van der Waals surface area (Å²) in [5.41, 5.74) is 3.36. The lowest BCUT2D eigenvalue weighted by atomic mass is 9.97. The lowest BCUT2D eigenvalue weighted by Crippen LogP contribution is -2.63. The lowest BCUT2D eigenvalue weighted by Gasteiger charge is -2.48. The molecular weight excluding hydrogens is 500 g/mol. The quantitative estimate of drug-likeness (QED) is 0.464. The van der Waals surface area contributed by atoms with Crippen molar-refractivity contribution in [3.8, 4) is 6.01 Å². The molecule has 0 spiro atoms. The van der Waals surface area contributed by atoms with Gasteiger partial charge in [0.1, 0.15) is 12.4 Å². The summed E-state index contributed by atoms with van der Waals surface area (Å²) in [6, 6.07) is 13.6. The number of rotatable bonds is 5. The van der Waals surface area contributed by atoms with E-state index in [1.165, 1.54) is 12.0 Å². The summed E-state index contributed by atoms with van der Waals surface area (Å²) in [5, 5.41) is 2.99. The van der Waals surface area contributed by atoms with Crippen LogP contribution in [0.2, 0.25) is 5.02 Å². The van der Waals surface area contributed by atoms with Gasteiger partial charge in [0.2, 0.25) is 5.91 Å². The average Bonchev–Trinajstić information content (AvgIpc) is 3.34. The van der Waals surface area contributed by atoms with Crippen LogP contribution in [0, 0.1) is 0 Å². The van der Waals surface area contributed by atoms with E-state index >= 15 is 0 Å². The van der Waals surface area contributed by atoms with Crippen LogP contribution in [-0.2, 0) is 17.8 Å². The fourth-order valence-electron chi connectivity index (χ4n) is 6.58. The van der Waals surface area contributed by atoms with Gasteiger partial charge in [0, 0.05) is 55.3 Å². The molecule has 4 aliphatic heterocycles. The number of halogens is 1. The normalized spacial score (nSPS) is 23.4. The van der Waals surface area contributed by atoms with E-state index in [4.69, 9.17) is 26.3 Å². The molecule has 2 atom stereocenters. The van der Waals surface area contributed by atoms with Crippen molar-refractivity contribution in [2.75, 3.05) is 56.2 Å². The van der Waals surface area contributed by atoms with E-state index in [0.717, 1.165) is 78.6 Å². The number of ether oxygens (including phenoxy) is 1. The van der Waals surface area contributed by atoms with Gasteiger partial charge in [-0.15, -0.1) is 0 Å². The number of amides is 1. The molecule has 4 aliphatic rings. The monoisotopic (exact) mass is 532 g/mol. The van der Waals surface area contributed by atoms with E-state index in [1.807, 2.05) is 17.0 Å². The second-order valence-electron chi connectivity index (χ2n) is 11.0. The third kappa shape index (κ3) is 4.14. The average molecular weight is 533 g/mol. The van der Waals surface area contributed by atoms with Gasteiger partial charge >= 0.3 is 6.01 Å². The standard InChI is InChI=1S/C29H33ClN6O2/c1-33-11-4-7-20(33)18-38-29-31-24-17-34(25-9-3-6-19-5-2-8-23(30)27(19)25)12-10-22(24)28(32-29)35-13-14-36-21(16-35)15-26(36)37/h2-3,5-6,8-9,20-21H,4,7,10-18H2,1H3/t20-,21+/m1/s1. The van der Waals surface area contributed by atoms with Crippen molar-refractivity contribution in [3.63, 3.8) is 0 Å². The Hall–Kier alpha value is -3.10. The third-order valence-corrected chi connectivity index (χ3v) is 9.10. The van der Waals surface area contributed by atoms with E-state index in [-0.39, 0.29) is 11.9 Å². The largest absolute Gasteiger partial charge is 0.462 e. The van der Waals surface area contributed by atoms with Gasteiger partial charge in [-0.1, -0.05) is 35.9 Å². The molecule has 0 saturated carbocycles. The molecule has 0 N–H and O–H groups in total. The highest BCUT2D eigenvalue weighted by molar-refractivity contribution is 6.36. The molecule has 7 rings (SSSR count). The van der Waals surface area contributed by atoms with Gasteiger partial charge in [-0.25, -0.2) is 0 Å². The number of likely N-dealkylation sites (tertiary alicyclic amines) is 1. The first-order valence-corrected chi connectivity index (χ1v) is 14.1. The smallest absolute Gasteiger partial charge is 0.318 e. The maximum absolute atomic E-state index is 12.0. The summed E-state index contributed by atoms with van der Waals surface area (Å²) < 4.78 is 6.27. The number of likely N-dealkylation sites (N-methyl/N-ethyl adjacent to an activating group) is 1. The number of carbonyl (C=O) groups excluding carboxylic acids is 1. The van der Waals surface area contributed by atoms with Crippen molar-refractivity contribution >= 4 is 39.8 Å². The van der Waals surface area contributed by atoms with Crippen molar-refractivity contribution < 1.29 is 9.53 Å². The molecule has 3 aromatic rings. The second kappa shape index (κ2) is 9.58. The molecule has 2 aromatic carbocycles. The minimum absolute atomic E-state index is 0.272. The lowest BCUT2D eigenvalue weighted by molar-refractivity contribution is -0.146. The maximum atomic E-state index is 12.0. The Balaban J connectivity index is 1.22. The molecule has 3 fully saturated rings. The molecule has 3 saturated heterocycles. The van der Waals surface area contributed by atoms with Crippen molar-refractivity contribution in [2.45, 2.75) is 44.3 Å². The van der Waals surface area contributed by atoms with Crippen LogP contribution in [0.4, 0.5) is 11.5 Å². The molecule has 38 heavy (non-hydrogen) atoms. The highest BCUT2D eigenvalue weighted by Gasteiger charge is 2.41. The van der Waals surface area contributed by atoms with Gasteiger partial charge in [0.15, 0.2) is 0 Å².